The number of pyridine rings is 2. The average Bonchev–Trinajstić information content (AvgIpc) is 2.47. The van der Waals surface area contributed by atoms with Gasteiger partial charge in [-0.1, -0.05) is 6.92 Å². The lowest BCUT2D eigenvalue weighted by molar-refractivity contribution is 0.411. The fourth-order valence-electron chi connectivity index (χ4n) is 2.46. The summed E-state index contributed by atoms with van der Waals surface area (Å²) in [5, 5.41) is 3.58. The maximum atomic E-state index is 5.29. The third-order valence-electron chi connectivity index (χ3n) is 3.34. The molecule has 4 heteroatoms. The molecule has 21 heavy (non-hydrogen) atoms. The van der Waals surface area contributed by atoms with E-state index in [9.17, 15) is 0 Å². The Hall–Kier alpha value is -1.94. The molecular weight excluding hydrogens is 262 g/mol. The van der Waals surface area contributed by atoms with Gasteiger partial charge < -0.3 is 10.1 Å². The predicted molar refractivity (Wildman–Crippen MR) is 84.6 cm³/mol. The zero-order valence-corrected chi connectivity index (χ0v) is 13.2. The van der Waals surface area contributed by atoms with Crippen molar-refractivity contribution in [1.82, 2.24) is 15.3 Å². The van der Waals surface area contributed by atoms with Crippen LogP contribution in [-0.4, -0.2) is 23.6 Å². The van der Waals surface area contributed by atoms with E-state index in [-0.39, 0.29) is 6.04 Å². The van der Waals surface area contributed by atoms with Crippen LogP contribution in [0, 0.1) is 13.8 Å². The van der Waals surface area contributed by atoms with E-state index in [1.165, 1.54) is 5.56 Å². The predicted octanol–water partition coefficient (Wildman–Crippen LogP) is 3.19. The minimum atomic E-state index is 0.105. The number of hydrogen-bond donors (Lipinski definition) is 1. The lowest BCUT2D eigenvalue weighted by Gasteiger charge is -2.20. The summed E-state index contributed by atoms with van der Waals surface area (Å²) < 4.78 is 5.29. The van der Waals surface area contributed by atoms with Gasteiger partial charge in [0.1, 0.15) is 5.75 Å². The van der Waals surface area contributed by atoms with Crippen LogP contribution in [-0.2, 0) is 0 Å². The van der Waals surface area contributed by atoms with Crippen molar-refractivity contribution < 1.29 is 4.74 Å². The van der Waals surface area contributed by atoms with Crippen molar-refractivity contribution in [3.8, 4) is 5.75 Å². The van der Waals surface area contributed by atoms with E-state index in [0.29, 0.717) is 0 Å². The Morgan fingerprint density at radius 2 is 1.81 bits per heavy atom. The molecule has 2 heterocycles. The highest BCUT2D eigenvalue weighted by molar-refractivity contribution is 5.35. The van der Waals surface area contributed by atoms with Crippen molar-refractivity contribution in [2.75, 3.05) is 13.7 Å². The van der Waals surface area contributed by atoms with Gasteiger partial charge in [0.2, 0.25) is 0 Å². The molecule has 0 saturated heterocycles. The van der Waals surface area contributed by atoms with Gasteiger partial charge >= 0.3 is 0 Å². The van der Waals surface area contributed by atoms with Crippen LogP contribution in [0.15, 0.2) is 30.6 Å². The highest BCUT2D eigenvalue weighted by Crippen LogP contribution is 2.25. The van der Waals surface area contributed by atoms with E-state index in [0.717, 1.165) is 35.7 Å². The van der Waals surface area contributed by atoms with Gasteiger partial charge in [-0.05, 0) is 56.1 Å². The van der Waals surface area contributed by atoms with Crippen molar-refractivity contribution in [1.29, 1.82) is 0 Å². The van der Waals surface area contributed by atoms with Crippen molar-refractivity contribution in [3.63, 3.8) is 0 Å². The van der Waals surface area contributed by atoms with Gasteiger partial charge in [-0.2, -0.15) is 0 Å². The van der Waals surface area contributed by atoms with Crippen molar-refractivity contribution in [3.05, 3.63) is 53.1 Å². The van der Waals surface area contributed by atoms with Gasteiger partial charge in [0.25, 0.3) is 0 Å². The van der Waals surface area contributed by atoms with Gasteiger partial charge in [0.05, 0.1) is 19.3 Å². The van der Waals surface area contributed by atoms with Gasteiger partial charge in [0.15, 0.2) is 0 Å². The molecule has 0 aliphatic heterocycles. The molecule has 2 aromatic rings. The van der Waals surface area contributed by atoms with E-state index in [1.807, 2.05) is 26.1 Å². The molecule has 0 radical (unpaired) electrons. The molecule has 112 valence electrons. The van der Waals surface area contributed by atoms with Crippen LogP contribution in [0.4, 0.5) is 0 Å². The Morgan fingerprint density at radius 3 is 2.43 bits per heavy atom. The lowest BCUT2D eigenvalue weighted by atomic mass is 9.99. The third-order valence-corrected chi connectivity index (χ3v) is 3.34. The zero-order valence-electron chi connectivity index (χ0n) is 13.2. The first kappa shape index (κ1) is 15.4. The standard InChI is InChI=1S/C17H23N3O/c1-5-6-19-17(14-7-12(2)20-13(3)8-14)15-9-16(21-4)11-18-10-15/h7-11,17,19H,5-6H2,1-4H3. The normalized spacial score (nSPS) is 12.2. The number of nitrogens with one attached hydrogen (secondary N) is 1. The number of ether oxygens (including phenoxy) is 1. The Kier molecular flexibility index (Phi) is 5.28. The fraction of sp³-hybridized carbons (Fsp3) is 0.412. The summed E-state index contributed by atoms with van der Waals surface area (Å²) in [6.45, 7) is 7.16. The van der Waals surface area contributed by atoms with Gasteiger partial charge in [-0.25, -0.2) is 0 Å². The van der Waals surface area contributed by atoms with Crippen LogP contribution in [0.25, 0.3) is 0 Å². The van der Waals surface area contributed by atoms with Crippen LogP contribution in [0.1, 0.15) is 41.9 Å². The van der Waals surface area contributed by atoms with E-state index in [1.54, 1.807) is 13.3 Å². The summed E-state index contributed by atoms with van der Waals surface area (Å²) in [4.78, 5) is 8.73. The lowest BCUT2D eigenvalue weighted by Crippen LogP contribution is -2.23. The number of aryl methyl sites for hydroxylation is 2. The summed E-state index contributed by atoms with van der Waals surface area (Å²) in [5.41, 5.74) is 4.38. The Balaban J connectivity index is 2.41. The fourth-order valence-corrected chi connectivity index (χ4v) is 2.46. The van der Waals surface area contributed by atoms with Crippen molar-refractivity contribution in [2.45, 2.75) is 33.2 Å². The number of hydrogen-bond acceptors (Lipinski definition) is 4. The van der Waals surface area contributed by atoms with Crippen LogP contribution < -0.4 is 10.1 Å². The highest BCUT2D eigenvalue weighted by Gasteiger charge is 2.15. The molecule has 0 aliphatic rings. The van der Waals surface area contributed by atoms with Gasteiger partial charge in [-0.15, -0.1) is 0 Å². The molecule has 1 N–H and O–H groups in total. The molecule has 0 saturated carbocycles. The molecule has 0 fully saturated rings. The van der Waals surface area contributed by atoms with Crippen molar-refractivity contribution in [2.24, 2.45) is 0 Å². The van der Waals surface area contributed by atoms with Gasteiger partial charge in [0, 0.05) is 17.6 Å². The minimum absolute atomic E-state index is 0.105. The van der Waals surface area contributed by atoms with E-state index in [4.69, 9.17) is 4.74 Å². The highest BCUT2D eigenvalue weighted by atomic mass is 16.5. The Morgan fingerprint density at radius 1 is 1.10 bits per heavy atom. The molecule has 0 spiro atoms. The summed E-state index contributed by atoms with van der Waals surface area (Å²) >= 11 is 0. The maximum absolute atomic E-state index is 5.29. The number of rotatable bonds is 6. The molecule has 0 bridgehead atoms. The third kappa shape index (κ3) is 4.02. The number of aromatic nitrogens is 2. The van der Waals surface area contributed by atoms with E-state index < -0.39 is 0 Å². The first-order valence-electron chi connectivity index (χ1n) is 7.31. The molecule has 4 nitrogen and oxygen atoms in total. The SMILES string of the molecule is CCCNC(c1cncc(OC)c1)c1cc(C)nc(C)c1. The largest absolute Gasteiger partial charge is 0.495 e. The zero-order chi connectivity index (χ0) is 15.2. The van der Waals surface area contributed by atoms with Crippen LogP contribution in [0.3, 0.4) is 0 Å². The summed E-state index contributed by atoms with van der Waals surface area (Å²) in [7, 11) is 1.66. The Labute approximate surface area is 126 Å². The maximum Gasteiger partial charge on any atom is 0.137 e. The van der Waals surface area contributed by atoms with Gasteiger partial charge in [-0.3, -0.25) is 9.97 Å². The second kappa shape index (κ2) is 7.18. The second-order valence-corrected chi connectivity index (χ2v) is 5.23. The molecule has 0 amide bonds. The second-order valence-electron chi connectivity index (χ2n) is 5.23. The number of methoxy groups -OCH3 is 1. The van der Waals surface area contributed by atoms with E-state index in [2.05, 4.69) is 34.3 Å². The van der Waals surface area contributed by atoms with Crippen LogP contribution in [0.5, 0.6) is 5.75 Å². The summed E-state index contributed by atoms with van der Waals surface area (Å²) in [5.74, 6) is 0.776. The van der Waals surface area contributed by atoms with Crippen LogP contribution >= 0.6 is 0 Å². The molecule has 1 atom stereocenters. The molecular formula is C17H23N3O. The first-order chi connectivity index (χ1) is 10.1. The summed E-state index contributed by atoms with van der Waals surface area (Å²) in [6, 6.07) is 6.39. The molecule has 0 aliphatic carbocycles. The quantitative estimate of drug-likeness (QED) is 0.885. The molecule has 0 aromatic carbocycles. The van der Waals surface area contributed by atoms with E-state index >= 15 is 0 Å². The summed E-state index contributed by atoms with van der Waals surface area (Å²) in [6.07, 6.45) is 4.70. The van der Waals surface area contributed by atoms with Crippen LogP contribution in [0.2, 0.25) is 0 Å². The average molecular weight is 285 g/mol. The smallest absolute Gasteiger partial charge is 0.137 e. The molecule has 2 aromatic heterocycles. The molecule has 2 rings (SSSR count). The Bertz CT molecular complexity index is 578. The number of nitrogens with zero attached hydrogens (tertiary/aromatic N) is 2. The molecule has 1 unspecified atom stereocenters. The monoisotopic (exact) mass is 285 g/mol. The van der Waals surface area contributed by atoms with Crippen molar-refractivity contribution >= 4 is 0 Å². The minimum Gasteiger partial charge on any atom is -0.495 e. The first-order valence-corrected chi connectivity index (χ1v) is 7.31. The topological polar surface area (TPSA) is 47.0 Å².